The van der Waals surface area contributed by atoms with Gasteiger partial charge in [0, 0.05) is 19.0 Å². The minimum atomic E-state index is -3.52. The highest BCUT2D eigenvalue weighted by Crippen LogP contribution is 2.32. The lowest BCUT2D eigenvalue weighted by atomic mass is 10.2. The zero-order chi connectivity index (χ0) is 14.8. The first-order valence-corrected chi connectivity index (χ1v) is 7.94. The summed E-state index contributed by atoms with van der Waals surface area (Å²) < 4.78 is 26.7. The van der Waals surface area contributed by atoms with Gasteiger partial charge in [0.2, 0.25) is 10.0 Å². The van der Waals surface area contributed by atoms with Crippen LogP contribution in [-0.4, -0.2) is 36.4 Å². The van der Waals surface area contributed by atoms with Crippen LogP contribution in [-0.2, 0) is 10.0 Å². The van der Waals surface area contributed by atoms with Crippen LogP contribution < -0.4 is 5.73 Å². The van der Waals surface area contributed by atoms with E-state index in [0.717, 1.165) is 18.4 Å². The second-order valence-electron chi connectivity index (χ2n) is 5.00. The van der Waals surface area contributed by atoms with Crippen molar-refractivity contribution in [3.8, 4) is 0 Å². The smallest absolute Gasteiger partial charge is 0.243 e. The number of rotatable bonds is 6. The van der Waals surface area contributed by atoms with Crippen LogP contribution in [0.2, 0.25) is 0 Å². The highest BCUT2D eigenvalue weighted by atomic mass is 32.2. The fourth-order valence-corrected chi connectivity index (χ4v) is 3.67. The molecule has 0 unspecified atom stereocenters. The first-order valence-electron chi connectivity index (χ1n) is 6.50. The molecule has 0 radical (unpaired) electrons. The number of nitrogens with zero attached hydrogens (tertiary/aromatic N) is 2. The maximum atomic E-state index is 12.6. The number of amidine groups is 1. The SMILES string of the molecule is Cc1ccc(S(=O)(=O)N(CCC(N)=NO)C2CC2)cc1. The molecule has 0 aliphatic heterocycles. The highest BCUT2D eigenvalue weighted by Gasteiger charge is 2.37. The lowest BCUT2D eigenvalue weighted by Crippen LogP contribution is -2.35. The van der Waals surface area contributed by atoms with Crippen molar-refractivity contribution in [2.45, 2.75) is 37.1 Å². The van der Waals surface area contributed by atoms with Crippen molar-refractivity contribution < 1.29 is 13.6 Å². The molecular formula is C13H19N3O3S. The van der Waals surface area contributed by atoms with Gasteiger partial charge in [-0.1, -0.05) is 22.9 Å². The average Bonchev–Trinajstić information content (AvgIpc) is 3.23. The first-order chi connectivity index (χ1) is 9.45. The Balaban J connectivity index is 2.21. The van der Waals surface area contributed by atoms with Crippen LogP contribution >= 0.6 is 0 Å². The lowest BCUT2D eigenvalue weighted by Gasteiger charge is -2.21. The molecule has 0 aromatic heterocycles. The fraction of sp³-hybridized carbons (Fsp3) is 0.462. The molecule has 1 aliphatic rings. The third-order valence-corrected chi connectivity index (χ3v) is 5.26. The number of nitrogens with two attached hydrogens (primary N) is 1. The summed E-state index contributed by atoms with van der Waals surface area (Å²) in [7, 11) is -3.52. The Bertz CT molecular complexity index is 592. The molecular weight excluding hydrogens is 278 g/mol. The summed E-state index contributed by atoms with van der Waals surface area (Å²) in [5.74, 6) is 0.0368. The third-order valence-electron chi connectivity index (χ3n) is 3.30. The molecule has 2 rings (SSSR count). The number of oxime groups is 1. The second kappa shape index (κ2) is 5.80. The van der Waals surface area contributed by atoms with Crippen molar-refractivity contribution in [1.82, 2.24) is 4.31 Å². The Morgan fingerprint density at radius 2 is 2.00 bits per heavy atom. The lowest BCUT2D eigenvalue weighted by molar-refractivity contribution is 0.315. The van der Waals surface area contributed by atoms with Gasteiger partial charge in [-0.25, -0.2) is 8.42 Å². The van der Waals surface area contributed by atoms with Crippen LogP contribution in [0.3, 0.4) is 0 Å². The molecule has 0 heterocycles. The standard InChI is InChI=1S/C13H19N3O3S/c1-10-2-6-12(7-3-10)20(18,19)16(11-4-5-11)9-8-13(14)15-17/h2-3,6-7,11,17H,4-5,8-9H2,1H3,(H2,14,15). The van der Waals surface area contributed by atoms with E-state index in [1.54, 1.807) is 24.3 Å². The largest absolute Gasteiger partial charge is 0.409 e. The maximum absolute atomic E-state index is 12.6. The Labute approximate surface area is 118 Å². The minimum Gasteiger partial charge on any atom is -0.409 e. The van der Waals surface area contributed by atoms with E-state index in [4.69, 9.17) is 10.9 Å². The quantitative estimate of drug-likeness (QED) is 0.358. The van der Waals surface area contributed by atoms with Gasteiger partial charge in [0.1, 0.15) is 5.84 Å². The molecule has 0 bridgehead atoms. The predicted octanol–water partition coefficient (Wildman–Crippen LogP) is 1.28. The van der Waals surface area contributed by atoms with Crippen molar-refractivity contribution in [2.75, 3.05) is 6.54 Å². The maximum Gasteiger partial charge on any atom is 0.243 e. The first kappa shape index (κ1) is 14.8. The van der Waals surface area contributed by atoms with Gasteiger partial charge in [-0.15, -0.1) is 0 Å². The Kier molecular flexibility index (Phi) is 4.29. The van der Waals surface area contributed by atoms with Crippen LogP contribution in [0, 0.1) is 6.92 Å². The van der Waals surface area contributed by atoms with Crippen LogP contribution in [0.15, 0.2) is 34.3 Å². The summed E-state index contributed by atoms with van der Waals surface area (Å²) in [5.41, 5.74) is 6.43. The van der Waals surface area contributed by atoms with Gasteiger partial charge in [0.15, 0.2) is 0 Å². The van der Waals surface area contributed by atoms with E-state index in [1.165, 1.54) is 4.31 Å². The summed E-state index contributed by atoms with van der Waals surface area (Å²) in [5, 5.41) is 11.4. The fourth-order valence-electron chi connectivity index (χ4n) is 1.98. The van der Waals surface area contributed by atoms with Gasteiger partial charge < -0.3 is 10.9 Å². The Hall–Kier alpha value is -1.60. The third kappa shape index (κ3) is 3.29. The monoisotopic (exact) mass is 297 g/mol. The van der Waals surface area contributed by atoms with Gasteiger partial charge in [-0.3, -0.25) is 0 Å². The zero-order valence-corrected chi connectivity index (χ0v) is 12.2. The van der Waals surface area contributed by atoms with Crippen molar-refractivity contribution in [3.63, 3.8) is 0 Å². The molecule has 110 valence electrons. The summed E-state index contributed by atoms with van der Waals surface area (Å²) in [6.07, 6.45) is 1.95. The molecule has 0 spiro atoms. The van der Waals surface area contributed by atoms with Gasteiger partial charge in [-0.2, -0.15) is 4.31 Å². The Morgan fingerprint density at radius 3 is 2.50 bits per heavy atom. The van der Waals surface area contributed by atoms with Crippen LogP contribution in [0.5, 0.6) is 0 Å². The molecule has 1 fully saturated rings. The van der Waals surface area contributed by atoms with Crippen LogP contribution in [0.25, 0.3) is 0 Å². The van der Waals surface area contributed by atoms with Gasteiger partial charge >= 0.3 is 0 Å². The number of benzene rings is 1. The minimum absolute atomic E-state index is 0.0350. The summed E-state index contributed by atoms with van der Waals surface area (Å²) >= 11 is 0. The predicted molar refractivity (Wildman–Crippen MR) is 76.1 cm³/mol. The summed E-state index contributed by atoms with van der Waals surface area (Å²) in [6, 6.07) is 6.82. The van der Waals surface area contributed by atoms with Crippen molar-refractivity contribution in [2.24, 2.45) is 10.9 Å². The van der Waals surface area contributed by atoms with Gasteiger partial charge in [0.05, 0.1) is 4.90 Å². The number of aryl methyl sites for hydroxylation is 1. The molecule has 1 aromatic rings. The van der Waals surface area contributed by atoms with Gasteiger partial charge in [0.25, 0.3) is 0 Å². The van der Waals surface area contributed by atoms with Gasteiger partial charge in [-0.05, 0) is 31.9 Å². The topological polar surface area (TPSA) is 96.0 Å². The molecule has 1 saturated carbocycles. The number of hydrogen-bond donors (Lipinski definition) is 2. The van der Waals surface area contributed by atoms with E-state index in [-0.39, 0.29) is 29.7 Å². The van der Waals surface area contributed by atoms with Crippen LogP contribution in [0.1, 0.15) is 24.8 Å². The molecule has 3 N–H and O–H groups in total. The van der Waals surface area contributed by atoms with E-state index >= 15 is 0 Å². The highest BCUT2D eigenvalue weighted by molar-refractivity contribution is 7.89. The van der Waals surface area contributed by atoms with E-state index in [1.807, 2.05) is 6.92 Å². The molecule has 1 aromatic carbocycles. The van der Waals surface area contributed by atoms with E-state index < -0.39 is 10.0 Å². The molecule has 0 saturated heterocycles. The van der Waals surface area contributed by atoms with Crippen molar-refractivity contribution in [1.29, 1.82) is 0 Å². The van der Waals surface area contributed by atoms with Crippen LogP contribution in [0.4, 0.5) is 0 Å². The molecule has 0 atom stereocenters. The molecule has 6 nitrogen and oxygen atoms in total. The molecule has 1 aliphatic carbocycles. The molecule has 7 heteroatoms. The van der Waals surface area contributed by atoms with Crippen molar-refractivity contribution >= 4 is 15.9 Å². The van der Waals surface area contributed by atoms with Crippen molar-refractivity contribution in [3.05, 3.63) is 29.8 Å². The summed E-state index contributed by atoms with van der Waals surface area (Å²) in [4.78, 5) is 0.287. The molecule has 0 amide bonds. The number of sulfonamides is 1. The molecule has 20 heavy (non-hydrogen) atoms. The van der Waals surface area contributed by atoms with E-state index in [2.05, 4.69) is 5.16 Å². The second-order valence-corrected chi connectivity index (χ2v) is 6.89. The Morgan fingerprint density at radius 1 is 1.40 bits per heavy atom. The average molecular weight is 297 g/mol. The zero-order valence-electron chi connectivity index (χ0n) is 11.4. The number of hydrogen-bond acceptors (Lipinski definition) is 4. The summed E-state index contributed by atoms with van der Waals surface area (Å²) in [6.45, 7) is 2.14. The van der Waals surface area contributed by atoms with E-state index in [0.29, 0.717) is 0 Å². The normalized spacial score (nSPS) is 16.6. The van der Waals surface area contributed by atoms with E-state index in [9.17, 15) is 8.42 Å².